The number of H-pyrrole nitrogens is 1. The van der Waals surface area contributed by atoms with E-state index >= 15 is 0 Å². The molecule has 0 unspecified atom stereocenters. The number of carbonyl (C=O) groups is 1. The zero-order chi connectivity index (χ0) is 20.8. The number of hydrogen-bond acceptors (Lipinski definition) is 6. The predicted molar refractivity (Wildman–Crippen MR) is 106 cm³/mol. The number of aromatic amines is 1. The molecule has 1 fully saturated rings. The molecule has 29 heavy (non-hydrogen) atoms. The van der Waals surface area contributed by atoms with Crippen molar-refractivity contribution in [2.45, 2.75) is 32.9 Å². The summed E-state index contributed by atoms with van der Waals surface area (Å²) < 4.78 is 30.8. The van der Waals surface area contributed by atoms with Crippen LogP contribution in [0.1, 0.15) is 39.9 Å². The van der Waals surface area contributed by atoms with E-state index in [-0.39, 0.29) is 23.5 Å². The Balaban J connectivity index is 1.51. The van der Waals surface area contributed by atoms with E-state index in [0.717, 1.165) is 17.0 Å². The van der Waals surface area contributed by atoms with Crippen molar-refractivity contribution in [3.8, 4) is 11.5 Å². The first-order valence-corrected chi connectivity index (χ1v) is 11.2. The largest absolute Gasteiger partial charge is 0.463 e. The summed E-state index contributed by atoms with van der Waals surface area (Å²) >= 11 is 0. The van der Waals surface area contributed by atoms with Crippen LogP contribution in [0.4, 0.5) is 0 Å². The Kier molecular flexibility index (Phi) is 4.81. The third kappa shape index (κ3) is 3.71. The number of furan rings is 1. The van der Waals surface area contributed by atoms with Crippen LogP contribution in [0.15, 0.2) is 28.9 Å². The van der Waals surface area contributed by atoms with E-state index in [9.17, 15) is 13.2 Å². The molecule has 154 valence electrons. The number of aryl methyl sites for hydroxylation is 1. The smallest absolute Gasteiger partial charge is 0.274 e. The van der Waals surface area contributed by atoms with Crippen molar-refractivity contribution in [2.75, 3.05) is 18.6 Å². The first-order valence-electron chi connectivity index (χ1n) is 9.35. The van der Waals surface area contributed by atoms with Crippen molar-refractivity contribution < 1.29 is 17.6 Å². The summed E-state index contributed by atoms with van der Waals surface area (Å²) in [4.78, 5) is 14.4. The molecule has 1 amide bonds. The highest BCUT2D eigenvalue weighted by molar-refractivity contribution is 7.91. The Hall–Kier alpha value is -2.88. The number of nitrogens with one attached hydrogen (secondary N) is 1. The number of hydrogen-bond donors (Lipinski definition) is 1. The van der Waals surface area contributed by atoms with Gasteiger partial charge in [0.25, 0.3) is 5.91 Å². The maximum atomic E-state index is 12.8. The monoisotopic (exact) mass is 417 g/mol. The average Bonchev–Trinajstić information content (AvgIpc) is 3.44. The summed E-state index contributed by atoms with van der Waals surface area (Å²) in [6.07, 6.45) is 2.13. The molecule has 1 atom stereocenters. The van der Waals surface area contributed by atoms with Crippen molar-refractivity contribution in [3.05, 3.63) is 47.1 Å². The molecule has 10 heteroatoms. The van der Waals surface area contributed by atoms with Gasteiger partial charge in [0.05, 0.1) is 29.5 Å². The van der Waals surface area contributed by atoms with Gasteiger partial charge in [0.2, 0.25) is 0 Å². The van der Waals surface area contributed by atoms with Crippen molar-refractivity contribution >= 4 is 15.7 Å². The number of aromatic nitrogens is 4. The van der Waals surface area contributed by atoms with Crippen LogP contribution in [0.3, 0.4) is 0 Å². The lowest BCUT2D eigenvalue weighted by molar-refractivity contribution is 0.0779. The topological polar surface area (TPSA) is 114 Å². The van der Waals surface area contributed by atoms with Gasteiger partial charge in [0.15, 0.2) is 21.3 Å². The second-order valence-corrected chi connectivity index (χ2v) is 9.68. The van der Waals surface area contributed by atoms with Crippen LogP contribution in [0.5, 0.6) is 0 Å². The van der Waals surface area contributed by atoms with Crippen molar-refractivity contribution in [2.24, 2.45) is 0 Å². The van der Waals surface area contributed by atoms with Crippen molar-refractivity contribution in [1.29, 1.82) is 0 Å². The first-order chi connectivity index (χ1) is 13.7. The number of sulfone groups is 1. The summed E-state index contributed by atoms with van der Waals surface area (Å²) in [7, 11) is -1.29. The number of nitrogens with zero attached hydrogens (tertiary/aromatic N) is 4. The van der Waals surface area contributed by atoms with Crippen LogP contribution in [-0.2, 0) is 16.4 Å². The van der Waals surface area contributed by atoms with Gasteiger partial charge in [0, 0.05) is 30.9 Å². The van der Waals surface area contributed by atoms with Crippen molar-refractivity contribution in [3.63, 3.8) is 0 Å². The highest BCUT2D eigenvalue weighted by Gasteiger charge is 2.31. The molecule has 0 radical (unpaired) electrons. The second kappa shape index (κ2) is 7.18. The number of amides is 1. The number of carbonyl (C=O) groups excluding carboxylic acids is 1. The van der Waals surface area contributed by atoms with E-state index in [2.05, 4.69) is 15.3 Å². The molecule has 3 aromatic rings. The normalized spacial score (nSPS) is 18.2. The van der Waals surface area contributed by atoms with E-state index in [4.69, 9.17) is 4.42 Å². The zero-order valence-corrected chi connectivity index (χ0v) is 17.4. The molecule has 3 aromatic heterocycles. The molecule has 1 saturated heterocycles. The fourth-order valence-corrected chi connectivity index (χ4v) is 5.44. The highest BCUT2D eigenvalue weighted by Crippen LogP contribution is 2.27. The molecule has 0 spiro atoms. The molecule has 0 aliphatic carbocycles. The van der Waals surface area contributed by atoms with Crippen LogP contribution in [0.2, 0.25) is 0 Å². The molecule has 0 saturated carbocycles. The maximum absolute atomic E-state index is 12.8. The van der Waals surface area contributed by atoms with E-state index < -0.39 is 9.84 Å². The minimum absolute atomic E-state index is 0.117. The molecule has 4 rings (SSSR count). The maximum Gasteiger partial charge on any atom is 0.274 e. The molecule has 4 heterocycles. The van der Waals surface area contributed by atoms with E-state index in [1.54, 1.807) is 41.1 Å². The first kappa shape index (κ1) is 19.4. The SMILES string of the molecule is Cc1nn([C@@H]2CCS(=O)(=O)C2)c(C)c1CN(C)C(=O)c1cc(-c2ccco2)[nH]n1. The molecular formula is C19H23N5O4S. The fourth-order valence-electron chi connectivity index (χ4n) is 3.74. The van der Waals surface area contributed by atoms with Gasteiger partial charge in [-0.15, -0.1) is 0 Å². The van der Waals surface area contributed by atoms with Gasteiger partial charge in [-0.05, 0) is 32.4 Å². The molecule has 0 bridgehead atoms. The van der Waals surface area contributed by atoms with Crippen LogP contribution in [0.25, 0.3) is 11.5 Å². The Morgan fingerprint density at radius 1 is 1.41 bits per heavy atom. The summed E-state index contributed by atoms with van der Waals surface area (Å²) in [6, 6.07) is 5.07. The zero-order valence-electron chi connectivity index (χ0n) is 16.5. The Morgan fingerprint density at radius 3 is 2.86 bits per heavy atom. The van der Waals surface area contributed by atoms with Gasteiger partial charge in [-0.3, -0.25) is 14.6 Å². The third-order valence-corrected chi connectivity index (χ3v) is 7.11. The van der Waals surface area contributed by atoms with Gasteiger partial charge in [0.1, 0.15) is 5.69 Å². The lowest BCUT2D eigenvalue weighted by atomic mass is 10.1. The summed E-state index contributed by atoms with van der Waals surface area (Å²) in [5.41, 5.74) is 3.54. The Labute approximate surface area is 168 Å². The van der Waals surface area contributed by atoms with Gasteiger partial charge in [-0.2, -0.15) is 10.2 Å². The van der Waals surface area contributed by atoms with Crippen molar-refractivity contribution in [1.82, 2.24) is 24.9 Å². The predicted octanol–water partition coefficient (Wildman–Crippen LogP) is 2.11. The Morgan fingerprint density at radius 2 is 2.21 bits per heavy atom. The lowest BCUT2D eigenvalue weighted by Gasteiger charge is -2.17. The van der Waals surface area contributed by atoms with Crippen LogP contribution >= 0.6 is 0 Å². The Bertz CT molecular complexity index is 1140. The standard InChI is InChI=1S/C19H23N5O4S/c1-12-15(13(2)24(22-12)14-6-8-29(26,27)11-14)10-23(3)19(25)17-9-16(20-21-17)18-5-4-7-28-18/h4-5,7,9,14H,6,8,10-11H2,1-3H3,(H,20,21)/t14-/m1/s1. The van der Waals surface area contributed by atoms with E-state index in [1.165, 1.54) is 0 Å². The molecule has 1 aliphatic heterocycles. The van der Waals surface area contributed by atoms with Gasteiger partial charge < -0.3 is 9.32 Å². The molecule has 1 N–H and O–H groups in total. The fraction of sp³-hybridized carbons (Fsp3) is 0.421. The lowest BCUT2D eigenvalue weighted by Crippen LogP contribution is -2.27. The molecular weight excluding hydrogens is 394 g/mol. The van der Waals surface area contributed by atoms with Gasteiger partial charge in [-0.1, -0.05) is 0 Å². The molecule has 9 nitrogen and oxygen atoms in total. The summed E-state index contributed by atoms with van der Waals surface area (Å²) in [5.74, 6) is 0.695. The minimum atomic E-state index is -3.00. The summed E-state index contributed by atoms with van der Waals surface area (Å²) in [6.45, 7) is 4.16. The quantitative estimate of drug-likeness (QED) is 0.680. The van der Waals surface area contributed by atoms with Crippen LogP contribution in [0, 0.1) is 13.8 Å². The minimum Gasteiger partial charge on any atom is -0.463 e. The van der Waals surface area contributed by atoms with E-state index in [1.807, 2.05) is 13.8 Å². The van der Waals surface area contributed by atoms with E-state index in [0.29, 0.717) is 30.1 Å². The summed E-state index contributed by atoms with van der Waals surface area (Å²) in [5, 5.41) is 11.5. The molecule has 1 aliphatic rings. The average molecular weight is 417 g/mol. The number of rotatable bonds is 5. The second-order valence-electron chi connectivity index (χ2n) is 7.46. The van der Waals surface area contributed by atoms with Crippen LogP contribution < -0.4 is 0 Å². The van der Waals surface area contributed by atoms with Gasteiger partial charge >= 0.3 is 0 Å². The van der Waals surface area contributed by atoms with Gasteiger partial charge in [-0.25, -0.2) is 8.42 Å². The highest BCUT2D eigenvalue weighted by atomic mass is 32.2. The van der Waals surface area contributed by atoms with Crippen LogP contribution in [-0.4, -0.2) is 57.8 Å². The third-order valence-electron chi connectivity index (χ3n) is 5.35. The molecule has 0 aromatic carbocycles.